The van der Waals surface area contributed by atoms with E-state index in [1.807, 2.05) is 18.2 Å². The summed E-state index contributed by atoms with van der Waals surface area (Å²) in [4.78, 5) is 18.8. The van der Waals surface area contributed by atoms with E-state index < -0.39 is 9.84 Å². The second kappa shape index (κ2) is 7.86. The molecule has 1 aliphatic heterocycles. The van der Waals surface area contributed by atoms with E-state index in [1.54, 1.807) is 12.3 Å². The molecule has 1 aromatic carbocycles. The number of anilines is 1. The quantitative estimate of drug-likeness (QED) is 0.838. The van der Waals surface area contributed by atoms with Crippen LogP contribution in [-0.4, -0.2) is 43.4 Å². The van der Waals surface area contributed by atoms with Crippen LogP contribution in [0.5, 0.6) is 0 Å². The molecule has 1 N–H and O–H groups in total. The van der Waals surface area contributed by atoms with Crippen LogP contribution in [0.2, 0.25) is 0 Å². The lowest BCUT2D eigenvalue weighted by Gasteiger charge is -2.23. The monoisotopic (exact) mass is 373 g/mol. The number of nitrogens with zero attached hydrogens (tertiary/aromatic N) is 2. The Morgan fingerprint density at radius 2 is 2.04 bits per heavy atom. The van der Waals surface area contributed by atoms with Gasteiger partial charge in [0.25, 0.3) is 5.91 Å². The van der Waals surface area contributed by atoms with Crippen molar-refractivity contribution in [2.45, 2.75) is 25.9 Å². The van der Waals surface area contributed by atoms with Crippen LogP contribution in [0.25, 0.3) is 0 Å². The molecule has 6 nitrogen and oxygen atoms in total. The molecule has 1 unspecified atom stereocenters. The molecular formula is C19H23N3O3S. The fraction of sp³-hybridized carbons (Fsp3) is 0.368. The largest absolute Gasteiger partial charge is 0.366 e. The first kappa shape index (κ1) is 18.4. The highest BCUT2D eigenvalue weighted by Gasteiger charge is 2.29. The molecule has 1 saturated heterocycles. The van der Waals surface area contributed by atoms with Gasteiger partial charge in [-0.25, -0.2) is 8.42 Å². The third kappa shape index (κ3) is 4.60. The summed E-state index contributed by atoms with van der Waals surface area (Å²) in [5.41, 5.74) is 2.49. The Balaban J connectivity index is 1.71. The first-order valence-electron chi connectivity index (χ1n) is 8.72. The summed E-state index contributed by atoms with van der Waals surface area (Å²) in [6, 6.07) is 11.6. The van der Waals surface area contributed by atoms with Gasteiger partial charge in [0.15, 0.2) is 9.84 Å². The molecule has 0 bridgehead atoms. The van der Waals surface area contributed by atoms with Crippen LogP contribution in [0.4, 0.5) is 5.69 Å². The van der Waals surface area contributed by atoms with Crippen molar-refractivity contribution in [1.82, 2.24) is 10.3 Å². The number of carbonyl (C=O) groups excluding carboxylic acids is 1. The molecule has 3 rings (SSSR count). The van der Waals surface area contributed by atoms with Crippen LogP contribution in [0.1, 0.15) is 29.3 Å². The van der Waals surface area contributed by atoms with Crippen LogP contribution in [0.3, 0.4) is 0 Å². The maximum atomic E-state index is 12.5. The summed E-state index contributed by atoms with van der Waals surface area (Å²) >= 11 is 0. The zero-order valence-corrected chi connectivity index (χ0v) is 15.6. The summed E-state index contributed by atoms with van der Waals surface area (Å²) in [6.45, 7) is 3.56. The molecular weight excluding hydrogens is 350 g/mol. The average Bonchev–Trinajstić information content (AvgIpc) is 2.99. The molecule has 1 aliphatic rings. The lowest BCUT2D eigenvalue weighted by Crippen LogP contribution is -2.35. The molecule has 0 spiro atoms. The summed E-state index contributed by atoms with van der Waals surface area (Å²) in [7, 11) is -3.02. The molecule has 2 aromatic rings. The van der Waals surface area contributed by atoms with Gasteiger partial charge in [-0.05, 0) is 25.0 Å². The normalized spacial score (nSPS) is 18.4. The number of carbonyl (C=O) groups is 1. The number of rotatable bonds is 6. The highest BCUT2D eigenvalue weighted by atomic mass is 32.2. The lowest BCUT2D eigenvalue weighted by atomic mass is 10.1. The van der Waals surface area contributed by atoms with Crippen molar-refractivity contribution in [3.8, 4) is 0 Å². The fourth-order valence-corrected chi connectivity index (χ4v) is 4.77. The molecule has 0 radical (unpaired) electrons. The van der Waals surface area contributed by atoms with E-state index in [0.29, 0.717) is 12.0 Å². The zero-order chi connectivity index (χ0) is 18.6. The summed E-state index contributed by atoms with van der Waals surface area (Å²) in [6.07, 6.45) is 3.72. The number of amides is 1. The van der Waals surface area contributed by atoms with Crippen molar-refractivity contribution in [2.75, 3.05) is 23.0 Å². The van der Waals surface area contributed by atoms with Crippen LogP contribution < -0.4 is 10.2 Å². The number of nitrogens with one attached hydrogen (secondary N) is 1. The first-order chi connectivity index (χ1) is 12.5. The third-order valence-corrected chi connectivity index (χ3v) is 6.28. The van der Waals surface area contributed by atoms with Crippen molar-refractivity contribution in [2.24, 2.45) is 0 Å². The van der Waals surface area contributed by atoms with E-state index in [4.69, 9.17) is 0 Å². The van der Waals surface area contributed by atoms with E-state index in [-0.39, 0.29) is 23.5 Å². The SMILES string of the molecule is CCN(Cc1ccccc1)c1cncc(C(=O)NC2CCS(=O)(=O)C2)c1. The van der Waals surface area contributed by atoms with Crippen LogP contribution in [0.15, 0.2) is 48.8 Å². The van der Waals surface area contributed by atoms with Gasteiger partial charge in [0, 0.05) is 25.3 Å². The van der Waals surface area contributed by atoms with Crippen LogP contribution in [0, 0.1) is 0 Å². The minimum atomic E-state index is -3.02. The Morgan fingerprint density at radius 1 is 1.27 bits per heavy atom. The fourth-order valence-electron chi connectivity index (χ4n) is 3.09. The summed E-state index contributed by atoms with van der Waals surface area (Å²) < 4.78 is 23.1. The standard InChI is InChI=1S/C19H23N3O3S/c1-2-22(13-15-6-4-3-5-7-15)18-10-16(11-20-12-18)19(23)21-17-8-9-26(24,25)14-17/h3-7,10-12,17H,2,8-9,13-14H2,1H3,(H,21,23). The van der Waals surface area contributed by atoms with Crippen molar-refractivity contribution in [1.29, 1.82) is 0 Å². The average molecular weight is 373 g/mol. The lowest BCUT2D eigenvalue weighted by molar-refractivity contribution is 0.0941. The highest BCUT2D eigenvalue weighted by molar-refractivity contribution is 7.91. The van der Waals surface area contributed by atoms with E-state index in [2.05, 4.69) is 34.3 Å². The van der Waals surface area contributed by atoms with Crippen LogP contribution in [-0.2, 0) is 16.4 Å². The summed E-state index contributed by atoms with van der Waals surface area (Å²) in [5, 5.41) is 2.81. The second-order valence-electron chi connectivity index (χ2n) is 6.51. The number of hydrogen-bond donors (Lipinski definition) is 1. The molecule has 1 atom stereocenters. The maximum Gasteiger partial charge on any atom is 0.253 e. The van der Waals surface area contributed by atoms with Crippen molar-refractivity contribution < 1.29 is 13.2 Å². The van der Waals surface area contributed by atoms with E-state index in [9.17, 15) is 13.2 Å². The predicted molar refractivity (Wildman–Crippen MR) is 102 cm³/mol. The molecule has 1 fully saturated rings. The van der Waals surface area contributed by atoms with Crippen molar-refractivity contribution >= 4 is 21.4 Å². The van der Waals surface area contributed by atoms with Gasteiger partial charge in [-0.15, -0.1) is 0 Å². The Kier molecular flexibility index (Phi) is 5.56. The van der Waals surface area contributed by atoms with Gasteiger partial charge in [-0.1, -0.05) is 30.3 Å². The van der Waals surface area contributed by atoms with Gasteiger partial charge in [-0.2, -0.15) is 0 Å². The molecule has 1 aromatic heterocycles. The molecule has 7 heteroatoms. The van der Waals surface area contributed by atoms with Gasteiger partial charge < -0.3 is 10.2 Å². The number of aromatic nitrogens is 1. The number of pyridine rings is 1. The van der Waals surface area contributed by atoms with Crippen LogP contribution >= 0.6 is 0 Å². The molecule has 0 aliphatic carbocycles. The minimum Gasteiger partial charge on any atom is -0.366 e. The van der Waals surface area contributed by atoms with Gasteiger partial charge in [0.05, 0.1) is 29.0 Å². The second-order valence-corrected chi connectivity index (χ2v) is 8.73. The molecule has 26 heavy (non-hydrogen) atoms. The number of benzene rings is 1. The Labute approximate surface area is 154 Å². The number of hydrogen-bond acceptors (Lipinski definition) is 5. The van der Waals surface area contributed by atoms with Gasteiger partial charge in [-0.3, -0.25) is 9.78 Å². The highest BCUT2D eigenvalue weighted by Crippen LogP contribution is 2.18. The van der Waals surface area contributed by atoms with E-state index >= 15 is 0 Å². The van der Waals surface area contributed by atoms with Crippen molar-refractivity contribution in [3.63, 3.8) is 0 Å². The zero-order valence-electron chi connectivity index (χ0n) is 14.8. The van der Waals surface area contributed by atoms with Gasteiger partial charge >= 0.3 is 0 Å². The Hall–Kier alpha value is -2.41. The van der Waals surface area contributed by atoms with Gasteiger partial charge in [0.1, 0.15) is 0 Å². The Morgan fingerprint density at radius 3 is 2.69 bits per heavy atom. The molecule has 0 saturated carbocycles. The first-order valence-corrected chi connectivity index (χ1v) is 10.5. The minimum absolute atomic E-state index is 0.0148. The summed E-state index contributed by atoms with van der Waals surface area (Å²) in [5.74, 6) is -0.130. The third-order valence-electron chi connectivity index (χ3n) is 4.52. The number of sulfone groups is 1. The Bertz CT molecular complexity index is 869. The maximum absolute atomic E-state index is 12.5. The topological polar surface area (TPSA) is 79.4 Å². The van der Waals surface area contributed by atoms with E-state index in [0.717, 1.165) is 18.8 Å². The smallest absolute Gasteiger partial charge is 0.253 e. The molecule has 2 heterocycles. The predicted octanol–water partition coefficient (Wildman–Crippen LogP) is 2.03. The van der Waals surface area contributed by atoms with E-state index in [1.165, 1.54) is 11.8 Å². The molecule has 1 amide bonds. The molecule has 138 valence electrons. The van der Waals surface area contributed by atoms with Gasteiger partial charge in [0.2, 0.25) is 0 Å². The van der Waals surface area contributed by atoms with Crippen molar-refractivity contribution in [3.05, 3.63) is 59.9 Å².